The Balaban J connectivity index is 0.000000112. The van der Waals surface area contributed by atoms with Gasteiger partial charge in [0.25, 0.3) is 0 Å². The predicted octanol–water partition coefficient (Wildman–Crippen LogP) is 1.36. The van der Waals surface area contributed by atoms with Gasteiger partial charge >= 0.3 is 0 Å². The van der Waals surface area contributed by atoms with Crippen LogP contribution in [0.3, 0.4) is 0 Å². The van der Waals surface area contributed by atoms with Crippen LogP contribution in [-0.4, -0.2) is 23.2 Å². The van der Waals surface area contributed by atoms with Gasteiger partial charge in [0.05, 0.1) is 0 Å². The van der Waals surface area contributed by atoms with E-state index in [2.05, 4.69) is 10.3 Å². The molecule has 0 unspecified atom stereocenters. The molecule has 0 atom stereocenters. The van der Waals surface area contributed by atoms with Gasteiger partial charge in [-0.1, -0.05) is 6.07 Å². The predicted molar refractivity (Wildman–Crippen MR) is 49.6 cm³/mol. The highest BCUT2D eigenvalue weighted by Crippen LogP contribution is 1.99. The average Bonchev–Trinajstić information content (AvgIpc) is 2.64. The number of hydrogen-bond donors (Lipinski definition) is 1. The van der Waals surface area contributed by atoms with Crippen molar-refractivity contribution >= 4 is 11.8 Å². The summed E-state index contributed by atoms with van der Waals surface area (Å²) in [4.78, 5) is 3.78. The van der Waals surface area contributed by atoms with Crippen molar-refractivity contribution in [3.63, 3.8) is 0 Å². The molecule has 1 aromatic rings. The van der Waals surface area contributed by atoms with Crippen LogP contribution < -0.4 is 5.32 Å². The fraction of sp³-hybridized carbons (Fsp3) is 0.375. The van der Waals surface area contributed by atoms with E-state index in [-0.39, 0.29) is 0 Å². The summed E-state index contributed by atoms with van der Waals surface area (Å²) in [5.41, 5.74) is 0. The summed E-state index contributed by atoms with van der Waals surface area (Å²) in [6, 6.07) is 5.72. The number of hydrogen-bond acceptors (Lipinski definition) is 3. The maximum absolute atomic E-state index is 3.78. The minimum atomic E-state index is 1.17. The molecule has 0 amide bonds. The Morgan fingerprint density at radius 2 is 2.00 bits per heavy atom. The average molecular weight is 168 g/mol. The lowest BCUT2D eigenvalue weighted by Crippen LogP contribution is -2.04. The third-order valence-electron chi connectivity index (χ3n) is 1.19. The van der Waals surface area contributed by atoms with Crippen LogP contribution in [0.15, 0.2) is 30.6 Å². The molecule has 0 saturated carbocycles. The molecular formula is C8H12N2S. The van der Waals surface area contributed by atoms with Gasteiger partial charge in [-0.2, -0.15) is 0 Å². The molecule has 1 aliphatic rings. The van der Waals surface area contributed by atoms with Crippen molar-refractivity contribution in [1.29, 1.82) is 0 Å². The van der Waals surface area contributed by atoms with Gasteiger partial charge in [0.2, 0.25) is 0 Å². The number of rotatable bonds is 0. The summed E-state index contributed by atoms with van der Waals surface area (Å²) in [6.45, 7) is 1.21. The van der Waals surface area contributed by atoms with Crippen molar-refractivity contribution in [2.75, 3.05) is 18.2 Å². The Morgan fingerprint density at radius 1 is 1.18 bits per heavy atom. The molecule has 2 rings (SSSR count). The highest BCUT2D eigenvalue weighted by molar-refractivity contribution is 7.99. The van der Waals surface area contributed by atoms with E-state index in [9.17, 15) is 0 Å². The van der Waals surface area contributed by atoms with Crippen LogP contribution in [0.1, 0.15) is 0 Å². The SMILES string of the molecule is C1CSCN1.c1ccncc1. The first-order chi connectivity index (χ1) is 5.50. The summed E-state index contributed by atoms with van der Waals surface area (Å²) < 4.78 is 0. The van der Waals surface area contributed by atoms with Gasteiger partial charge in [0.1, 0.15) is 0 Å². The standard InChI is InChI=1S/C5H5N.C3H7NS/c1-2-4-6-5-3-1;1-2-5-3-4-1/h1-5H;4H,1-3H2. The quantitative estimate of drug-likeness (QED) is 0.633. The normalized spacial score (nSPS) is 15.3. The van der Waals surface area contributed by atoms with Crippen molar-refractivity contribution in [3.8, 4) is 0 Å². The summed E-state index contributed by atoms with van der Waals surface area (Å²) in [7, 11) is 0. The topological polar surface area (TPSA) is 24.9 Å². The van der Waals surface area contributed by atoms with Crippen LogP contribution in [0.2, 0.25) is 0 Å². The first-order valence-electron chi connectivity index (χ1n) is 3.63. The Morgan fingerprint density at radius 3 is 2.18 bits per heavy atom. The van der Waals surface area contributed by atoms with Gasteiger partial charge in [-0.15, -0.1) is 11.8 Å². The number of nitrogens with zero attached hydrogens (tertiary/aromatic N) is 1. The van der Waals surface area contributed by atoms with Crippen molar-refractivity contribution in [1.82, 2.24) is 10.3 Å². The second kappa shape index (κ2) is 6.19. The molecule has 2 nitrogen and oxygen atoms in total. The Labute approximate surface area is 71.4 Å². The van der Waals surface area contributed by atoms with Crippen molar-refractivity contribution in [2.24, 2.45) is 0 Å². The van der Waals surface area contributed by atoms with Crippen molar-refractivity contribution in [3.05, 3.63) is 30.6 Å². The first-order valence-corrected chi connectivity index (χ1v) is 4.79. The van der Waals surface area contributed by atoms with Crippen LogP contribution in [0.25, 0.3) is 0 Å². The number of pyridine rings is 1. The zero-order valence-corrected chi connectivity index (χ0v) is 7.18. The molecule has 11 heavy (non-hydrogen) atoms. The third kappa shape index (κ3) is 4.81. The lowest BCUT2D eigenvalue weighted by molar-refractivity contribution is 0.885. The molecule has 3 heteroatoms. The van der Waals surface area contributed by atoms with E-state index in [1.807, 2.05) is 30.0 Å². The lowest BCUT2D eigenvalue weighted by Gasteiger charge is -1.74. The van der Waals surface area contributed by atoms with Crippen LogP contribution >= 0.6 is 11.8 Å². The van der Waals surface area contributed by atoms with Gasteiger partial charge in [-0.05, 0) is 12.1 Å². The number of aromatic nitrogens is 1. The highest BCUT2D eigenvalue weighted by atomic mass is 32.2. The molecule has 0 aliphatic carbocycles. The summed E-state index contributed by atoms with van der Waals surface area (Å²) in [5, 5.41) is 3.19. The van der Waals surface area contributed by atoms with Crippen LogP contribution in [0, 0.1) is 0 Å². The molecule has 0 radical (unpaired) electrons. The van der Waals surface area contributed by atoms with E-state index >= 15 is 0 Å². The van der Waals surface area contributed by atoms with Gasteiger partial charge in [-0.25, -0.2) is 0 Å². The molecular weight excluding hydrogens is 156 g/mol. The molecule has 1 aliphatic heterocycles. The van der Waals surface area contributed by atoms with E-state index in [1.54, 1.807) is 12.4 Å². The Bertz CT molecular complexity index is 129. The molecule has 0 aromatic carbocycles. The largest absolute Gasteiger partial charge is 0.307 e. The lowest BCUT2D eigenvalue weighted by atomic mass is 10.5. The van der Waals surface area contributed by atoms with Crippen molar-refractivity contribution in [2.45, 2.75) is 0 Å². The Kier molecular flexibility index (Phi) is 4.81. The molecule has 1 saturated heterocycles. The van der Waals surface area contributed by atoms with E-state index in [1.165, 1.54) is 18.2 Å². The zero-order valence-electron chi connectivity index (χ0n) is 6.36. The first kappa shape index (κ1) is 8.56. The molecule has 0 spiro atoms. The smallest absolute Gasteiger partial charge is 0.0418 e. The molecule has 1 fully saturated rings. The van der Waals surface area contributed by atoms with Crippen LogP contribution in [0.4, 0.5) is 0 Å². The molecule has 0 bridgehead atoms. The summed E-state index contributed by atoms with van der Waals surface area (Å²) in [5.74, 6) is 2.47. The van der Waals surface area contributed by atoms with E-state index in [0.717, 1.165) is 0 Å². The van der Waals surface area contributed by atoms with Gasteiger partial charge in [-0.3, -0.25) is 4.98 Å². The zero-order chi connectivity index (χ0) is 7.78. The number of thioether (sulfide) groups is 1. The minimum absolute atomic E-state index is 1.17. The van der Waals surface area contributed by atoms with Gasteiger partial charge < -0.3 is 5.32 Å². The van der Waals surface area contributed by atoms with Crippen molar-refractivity contribution < 1.29 is 0 Å². The second-order valence-electron chi connectivity index (χ2n) is 2.08. The molecule has 60 valence electrons. The maximum Gasteiger partial charge on any atom is 0.0418 e. The van der Waals surface area contributed by atoms with E-state index in [4.69, 9.17) is 0 Å². The fourth-order valence-electron chi connectivity index (χ4n) is 0.673. The van der Waals surface area contributed by atoms with Crippen LogP contribution in [0.5, 0.6) is 0 Å². The monoisotopic (exact) mass is 168 g/mol. The summed E-state index contributed by atoms with van der Waals surface area (Å²) >= 11 is 1.96. The molecule has 1 aromatic heterocycles. The third-order valence-corrected chi connectivity index (χ3v) is 2.09. The van der Waals surface area contributed by atoms with Gasteiger partial charge in [0.15, 0.2) is 0 Å². The van der Waals surface area contributed by atoms with Gasteiger partial charge in [0, 0.05) is 30.6 Å². The fourth-order valence-corrected chi connectivity index (χ4v) is 1.40. The molecule has 2 heterocycles. The highest BCUT2D eigenvalue weighted by Gasteiger charge is 1.93. The van der Waals surface area contributed by atoms with E-state index < -0.39 is 0 Å². The molecule has 1 N–H and O–H groups in total. The Hall–Kier alpha value is -0.540. The summed E-state index contributed by atoms with van der Waals surface area (Å²) in [6.07, 6.45) is 3.50. The number of nitrogens with one attached hydrogen (secondary N) is 1. The van der Waals surface area contributed by atoms with E-state index in [0.29, 0.717) is 0 Å². The maximum atomic E-state index is 3.78. The second-order valence-corrected chi connectivity index (χ2v) is 3.18. The minimum Gasteiger partial charge on any atom is -0.307 e. The van der Waals surface area contributed by atoms with Crippen LogP contribution in [-0.2, 0) is 0 Å².